The van der Waals surface area contributed by atoms with E-state index in [1.54, 1.807) is 22.7 Å². The van der Waals surface area contributed by atoms with Crippen LogP contribution in [-0.4, -0.2) is 13.1 Å². The Hall–Kier alpha value is -1.42. The molecule has 8 heteroatoms. The SMILES string of the molecule is CCCCCCCCNOc1c2sc3ccsc3c2c(ONCCCCCCCC)c2c1sc1ccsc12. The third-order valence-electron chi connectivity index (χ3n) is 7.07. The molecule has 4 heterocycles. The molecule has 0 spiro atoms. The summed E-state index contributed by atoms with van der Waals surface area (Å²) < 4.78 is 7.54. The molecule has 5 aromatic rings. The van der Waals surface area contributed by atoms with Gasteiger partial charge in [-0.25, -0.2) is 0 Å². The second-order valence-corrected chi connectivity index (χ2v) is 14.0. The van der Waals surface area contributed by atoms with Gasteiger partial charge in [-0.3, -0.25) is 0 Å². The zero-order valence-corrected chi connectivity index (χ0v) is 25.9. The molecule has 4 nitrogen and oxygen atoms in total. The van der Waals surface area contributed by atoms with Crippen molar-refractivity contribution in [2.45, 2.75) is 90.9 Å². The molecule has 38 heavy (non-hydrogen) atoms. The van der Waals surface area contributed by atoms with Crippen LogP contribution in [-0.2, 0) is 0 Å². The summed E-state index contributed by atoms with van der Waals surface area (Å²) in [6.45, 7) is 6.26. The minimum atomic E-state index is 0.864. The highest BCUT2D eigenvalue weighted by atomic mass is 32.1. The molecule has 0 radical (unpaired) electrons. The molecule has 206 valence electrons. The Morgan fingerprint density at radius 3 is 1.50 bits per heavy atom. The van der Waals surface area contributed by atoms with Crippen LogP contribution in [0.2, 0.25) is 0 Å². The number of fused-ring (bicyclic) bond motifs is 6. The van der Waals surface area contributed by atoms with E-state index in [2.05, 4.69) is 47.7 Å². The number of hydrogen-bond donors (Lipinski definition) is 2. The fourth-order valence-electron chi connectivity index (χ4n) is 5.00. The Morgan fingerprint density at radius 1 is 0.553 bits per heavy atom. The molecule has 4 aromatic heterocycles. The molecular weight excluding hydrogens is 549 g/mol. The molecule has 0 amide bonds. The van der Waals surface area contributed by atoms with E-state index in [-0.39, 0.29) is 0 Å². The maximum Gasteiger partial charge on any atom is 0.183 e. The van der Waals surface area contributed by atoms with Gasteiger partial charge in [-0.1, -0.05) is 78.1 Å². The largest absolute Gasteiger partial charge is 0.407 e. The highest BCUT2D eigenvalue weighted by Crippen LogP contribution is 2.55. The van der Waals surface area contributed by atoms with E-state index in [0.29, 0.717) is 0 Å². The smallest absolute Gasteiger partial charge is 0.183 e. The van der Waals surface area contributed by atoms with E-state index in [1.165, 1.54) is 103 Å². The second kappa shape index (κ2) is 14.3. The van der Waals surface area contributed by atoms with Crippen molar-refractivity contribution >= 4 is 84.3 Å². The summed E-state index contributed by atoms with van der Waals surface area (Å²) in [6, 6.07) is 4.45. The van der Waals surface area contributed by atoms with Crippen LogP contribution < -0.4 is 20.6 Å². The van der Waals surface area contributed by atoms with Gasteiger partial charge in [0, 0.05) is 22.5 Å². The van der Waals surface area contributed by atoms with Crippen molar-refractivity contribution in [1.82, 2.24) is 11.0 Å². The van der Waals surface area contributed by atoms with Crippen molar-refractivity contribution in [1.29, 1.82) is 0 Å². The number of thiophene rings is 4. The summed E-state index contributed by atoms with van der Waals surface area (Å²) in [5, 5.41) is 6.74. The van der Waals surface area contributed by atoms with E-state index in [4.69, 9.17) is 9.68 Å². The van der Waals surface area contributed by atoms with Crippen LogP contribution in [0.1, 0.15) is 90.9 Å². The highest BCUT2D eigenvalue weighted by molar-refractivity contribution is 7.34. The number of benzene rings is 1. The summed E-state index contributed by atoms with van der Waals surface area (Å²) in [6.07, 6.45) is 15.3. The normalized spacial score (nSPS) is 12.1. The quantitative estimate of drug-likeness (QED) is 0.0789. The van der Waals surface area contributed by atoms with Crippen LogP contribution in [0.4, 0.5) is 0 Å². The average Bonchev–Trinajstić information content (AvgIpc) is 3.69. The lowest BCUT2D eigenvalue weighted by Crippen LogP contribution is -2.21. The summed E-state index contributed by atoms with van der Waals surface area (Å²) >= 11 is 7.22. The molecule has 0 unspecified atom stereocenters. The lowest BCUT2D eigenvalue weighted by atomic mass is 10.1. The van der Waals surface area contributed by atoms with Crippen molar-refractivity contribution < 1.29 is 9.68 Å². The predicted molar refractivity (Wildman–Crippen MR) is 172 cm³/mol. The Labute approximate surface area is 242 Å². The minimum absolute atomic E-state index is 0.864. The first-order valence-electron chi connectivity index (χ1n) is 14.4. The lowest BCUT2D eigenvalue weighted by molar-refractivity contribution is 0.195. The summed E-state index contributed by atoms with van der Waals surface area (Å²) in [5.41, 5.74) is 6.65. The Morgan fingerprint density at radius 2 is 1.00 bits per heavy atom. The van der Waals surface area contributed by atoms with E-state index in [9.17, 15) is 0 Å². The molecule has 0 atom stereocenters. The minimum Gasteiger partial charge on any atom is -0.407 e. The summed E-state index contributed by atoms with van der Waals surface area (Å²) in [4.78, 5) is 12.9. The Balaban J connectivity index is 1.39. The average molecular weight is 589 g/mol. The Kier molecular flexibility index (Phi) is 10.6. The van der Waals surface area contributed by atoms with Gasteiger partial charge >= 0.3 is 0 Å². The summed E-state index contributed by atoms with van der Waals surface area (Å²) in [7, 11) is 0. The fraction of sp³-hybridized carbons (Fsp3) is 0.533. The van der Waals surface area contributed by atoms with Crippen molar-refractivity contribution in [2.75, 3.05) is 13.1 Å². The number of nitrogens with one attached hydrogen (secondary N) is 2. The van der Waals surface area contributed by atoms with Crippen LogP contribution in [0.25, 0.3) is 39.0 Å². The highest BCUT2D eigenvalue weighted by Gasteiger charge is 2.26. The van der Waals surface area contributed by atoms with E-state index < -0.39 is 0 Å². The van der Waals surface area contributed by atoms with Crippen molar-refractivity contribution in [3.63, 3.8) is 0 Å². The molecule has 5 rings (SSSR count). The molecular formula is C30H40N2O2S4. The van der Waals surface area contributed by atoms with Gasteiger partial charge in [0.25, 0.3) is 0 Å². The third-order valence-corrected chi connectivity index (χ3v) is 11.5. The fourth-order valence-corrected chi connectivity index (χ4v) is 9.75. The van der Waals surface area contributed by atoms with Crippen LogP contribution in [0.15, 0.2) is 22.9 Å². The molecule has 0 aliphatic carbocycles. The van der Waals surface area contributed by atoms with Crippen molar-refractivity contribution in [2.24, 2.45) is 0 Å². The third kappa shape index (κ3) is 6.31. The number of rotatable bonds is 18. The van der Waals surface area contributed by atoms with Gasteiger partial charge in [0.2, 0.25) is 0 Å². The standard InChI is InChI=1S/C30H40N2O2S4/c1-3-5-7-9-11-13-17-31-33-25-23-27-21(15-19-35-27)37-29(23)26(34-32-18-14-12-10-8-6-4-2)30-24(25)28-22(38-30)16-20-36-28/h15-16,19-20,31-32H,3-14,17-18H2,1-2H3. The monoisotopic (exact) mass is 588 g/mol. The number of unbranched alkanes of at least 4 members (excludes halogenated alkanes) is 10. The number of hydrogen-bond acceptors (Lipinski definition) is 8. The zero-order valence-electron chi connectivity index (χ0n) is 22.7. The van der Waals surface area contributed by atoms with E-state index >= 15 is 0 Å². The zero-order chi connectivity index (χ0) is 26.2. The molecule has 0 bridgehead atoms. The van der Waals surface area contributed by atoms with Crippen molar-refractivity contribution in [3.8, 4) is 11.5 Å². The number of hydroxylamine groups is 2. The second-order valence-electron chi connectivity index (χ2n) is 10.0. The van der Waals surface area contributed by atoms with Crippen LogP contribution in [0, 0.1) is 0 Å². The molecule has 0 aliphatic heterocycles. The molecule has 1 aromatic carbocycles. The first-order chi connectivity index (χ1) is 18.8. The van der Waals surface area contributed by atoms with Gasteiger partial charge < -0.3 is 9.68 Å². The topological polar surface area (TPSA) is 42.5 Å². The summed E-state index contributed by atoms with van der Waals surface area (Å²) in [5.74, 6) is 1.93. The predicted octanol–water partition coefficient (Wildman–Crippen LogP) is 11.0. The first kappa shape index (κ1) is 28.1. The van der Waals surface area contributed by atoms with Gasteiger partial charge in [-0.2, -0.15) is 11.0 Å². The maximum absolute atomic E-state index is 6.48. The Bertz CT molecular complexity index is 1340. The van der Waals surface area contributed by atoms with Gasteiger partial charge in [-0.15, -0.1) is 45.3 Å². The first-order valence-corrected chi connectivity index (χ1v) is 17.8. The van der Waals surface area contributed by atoms with Crippen LogP contribution in [0.5, 0.6) is 11.5 Å². The maximum atomic E-state index is 6.48. The van der Waals surface area contributed by atoms with Crippen molar-refractivity contribution in [3.05, 3.63) is 22.9 Å². The van der Waals surface area contributed by atoms with Crippen LogP contribution >= 0.6 is 45.3 Å². The molecule has 0 saturated carbocycles. The van der Waals surface area contributed by atoms with E-state index in [1.807, 2.05) is 22.7 Å². The molecule has 2 N–H and O–H groups in total. The lowest BCUT2D eigenvalue weighted by Gasteiger charge is -2.14. The van der Waals surface area contributed by atoms with Crippen LogP contribution in [0.3, 0.4) is 0 Å². The van der Waals surface area contributed by atoms with E-state index in [0.717, 1.165) is 37.4 Å². The van der Waals surface area contributed by atoms with Gasteiger partial charge in [0.05, 0.1) is 29.6 Å². The molecule has 0 aliphatic rings. The van der Waals surface area contributed by atoms with Gasteiger partial charge in [-0.05, 0) is 35.7 Å². The molecule has 0 saturated heterocycles. The molecule has 0 fully saturated rings. The van der Waals surface area contributed by atoms with Gasteiger partial charge in [0.1, 0.15) is 0 Å². The van der Waals surface area contributed by atoms with Gasteiger partial charge in [0.15, 0.2) is 11.5 Å².